The zero-order valence-corrected chi connectivity index (χ0v) is 20.7. The molecule has 40 heavy (non-hydrogen) atoms. The van der Waals surface area contributed by atoms with Gasteiger partial charge in [0.25, 0.3) is 0 Å². The van der Waals surface area contributed by atoms with E-state index < -0.39 is 36.3 Å². The molecule has 0 aliphatic carbocycles. The Labute approximate surface area is 223 Å². The average Bonchev–Trinajstić information content (AvgIpc) is 3.36. The van der Waals surface area contributed by atoms with Crippen molar-refractivity contribution < 1.29 is 67.1 Å². The van der Waals surface area contributed by atoms with Crippen molar-refractivity contribution >= 4 is 40.2 Å². The first-order chi connectivity index (χ1) is 18.4. The molecule has 0 bridgehead atoms. The number of hydrogen-bond acceptors (Lipinski definition) is 7. The average molecular weight is 580 g/mol. The van der Waals surface area contributed by atoms with Gasteiger partial charge in [-0.2, -0.15) is 26.3 Å². The van der Waals surface area contributed by atoms with Crippen molar-refractivity contribution in [3.63, 3.8) is 0 Å². The minimum absolute atomic E-state index is 0.128. The van der Waals surface area contributed by atoms with Crippen molar-refractivity contribution in [1.82, 2.24) is 0 Å². The second kappa shape index (κ2) is 14.9. The number of hydrogen-bond donors (Lipinski definition) is 4. The fourth-order valence-corrected chi connectivity index (χ4v) is 3.13. The van der Waals surface area contributed by atoms with Gasteiger partial charge in [-0.3, -0.25) is 5.32 Å². The maximum Gasteiger partial charge on any atom is 0.430 e. The molecular weight excluding hydrogens is 554 g/mol. The highest BCUT2D eigenvalue weighted by atomic mass is 19.4. The number of carbonyl (C=O) groups excluding carboxylic acids is 2. The van der Waals surface area contributed by atoms with E-state index in [9.17, 15) is 31.1 Å². The normalized spacial score (nSPS) is 14.5. The molecule has 3 rings (SSSR count). The number of benzene rings is 2. The number of unbranched alkanes of at least 4 members (excludes halogenated alkanes) is 1. The van der Waals surface area contributed by atoms with Crippen LogP contribution in [0, 0.1) is 0 Å². The zero-order valence-electron chi connectivity index (χ0n) is 20.7. The summed E-state index contributed by atoms with van der Waals surface area (Å²) in [5.41, 5.74) is 12.1. The molecule has 10 nitrogen and oxygen atoms in total. The van der Waals surface area contributed by atoms with E-state index in [1.165, 1.54) is 10.8 Å². The molecule has 0 amide bonds. The van der Waals surface area contributed by atoms with E-state index in [1.54, 1.807) is 0 Å². The van der Waals surface area contributed by atoms with E-state index in [0.717, 1.165) is 36.4 Å². The third-order valence-electron chi connectivity index (χ3n) is 5.25. The number of rotatable bonds is 8. The van der Waals surface area contributed by atoms with Crippen LogP contribution in [0.1, 0.15) is 31.2 Å². The summed E-state index contributed by atoms with van der Waals surface area (Å²) in [6, 6.07) is 14.0. The van der Waals surface area contributed by atoms with Gasteiger partial charge in [0.15, 0.2) is 11.7 Å². The number of halogens is 6. The van der Waals surface area contributed by atoms with Crippen LogP contribution in [-0.4, -0.2) is 53.3 Å². The Morgan fingerprint density at radius 1 is 0.925 bits per heavy atom. The number of quaternary nitrogens is 2. The minimum atomic E-state index is -5.19. The topological polar surface area (TPSA) is 200 Å². The molecule has 0 fully saturated rings. The summed E-state index contributed by atoms with van der Waals surface area (Å²) in [5.74, 6) is -5.97. The van der Waals surface area contributed by atoms with Crippen LogP contribution >= 0.6 is 0 Å². The summed E-state index contributed by atoms with van der Waals surface area (Å²) in [6.45, 7) is 0. The van der Waals surface area contributed by atoms with Gasteiger partial charge in [-0.1, -0.05) is 36.8 Å². The molecule has 1 unspecified atom stereocenters. The van der Waals surface area contributed by atoms with Gasteiger partial charge in [0.05, 0.1) is 12.2 Å². The number of aliphatic imine (C=N–C) groups is 1. The first kappa shape index (κ1) is 34.0. The highest BCUT2D eigenvalue weighted by Gasteiger charge is 2.29. The Bertz CT molecular complexity index is 1220. The number of nitrogens with zero attached hydrogens (tertiary/aromatic N) is 1. The first-order valence-electron chi connectivity index (χ1n) is 11.4. The Kier molecular flexibility index (Phi) is 12.7. The lowest BCUT2D eigenvalue weighted by atomic mass is 10.0. The lowest BCUT2D eigenvalue weighted by Gasteiger charge is -2.10. The molecular formula is C24H26F6N4O6. The van der Waals surface area contributed by atoms with Gasteiger partial charge >= 0.3 is 18.3 Å². The van der Waals surface area contributed by atoms with Crippen LogP contribution in [0.2, 0.25) is 0 Å². The van der Waals surface area contributed by atoms with Crippen molar-refractivity contribution in [2.45, 2.75) is 50.1 Å². The van der Waals surface area contributed by atoms with Gasteiger partial charge < -0.3 is 36.4 Å². The summed E-state index contributed by atoms with van der Waals surface area (Å²) < 4.78 is 63.1. The molecule has 0 aromatic heterocycles. The highest BCUT2D eigenvalue weighted by molar-refractivity contribution is 5.89. The van der Waals surface area contributed by atoms with Crippen molar-refractivity contribution in [1.29, 1.82) is 0 Å². The van der Waals surface area contributed by atoms with Crippen molar-refractivity contribution in [3.8, 4) is 0 Å². The lowest BCUT2D eigenvalue weighted by Crippen LogP contribution is -2.86. The van der Waals surface area contributed by atoms with Gasteiger partial charge in [-0.05, 0) is 35.7 Å². The van der Waals surface area contributed by atoms with Crippen LogP contribution in [-0.2, 0) is 14.4 Å². The fourth-order valence-electron chi connectivity index (χ4n) is 3.13. The third-order valence-corrected chi connectivity index (χ3v) is 5.25. The molecule has 16 heteroatoms. The third kappa shape index (κ3) is 11.8. The Hall–Kier alpha value is -4.02. The van der Waals surface area contributed by atoms with Gasteiger partial charge in [-0.15, -0.1) is 0 Å². The number of nitrogens with two attached hydrogens (primary N) is 2. The molecule has 1 heterocycles. The van der Waals surface area contributed by atoms with E-state index >= 15 is 0 Å². The molecule has 0 radical (unpaired) electrons. The molecule has 2 aromatic carbocycles. The maximum atomic E-state index is 10.8. The molecule has 2 atom stereocenters. The highest BCUT2D eigenvalue weighted by Crippen LogP contribution is 2.19. The summed E-state index contributed by atoms with van der Waals surface area (Å²) in [5, 5.41) is 30.9. The van der Waals surface area contributed by atoms with E-state index in [0.29, 0.717) is 6.42 Å². The molecule has 0 saturated carbocycles. The number of aliphatic carboxylic acids is 3. The smallest absolute Gasteiger partial charge is 0.430 e. The van der Waals surface area contributed by atoms with E-state index in [2.05, 4.69) is 46.4 Å². The number of amidine groups is 1. The second-order valence-electron chi connectivity index (χ2n) is 8.34. The van der Waals surface area contributed by atoms with Crippen LogP contribution in [0.25, 0.3) is 16.5 Å². The zero-order chi connectivity index (χ0) is 30.7. The molecule has 8 N–H and O–H groups in total. The SMILES string of the molecule is N[C@@H](CCCCC([NH3+])C(=O)O)C1=NC=C(c2ccc3ccccc3c2)[NH2+]1.O=C([O-])C(F)(F)F.O=C([O-])C(F)(F)F. The molecule has 1 aliphatic rings. The number of carboxylic acids is 3. The van der Waals surface area contributed by atoms with Crippen LogP contribution in [0.4, 0.5) is 26.3 Å². The summed E-state index contributed by atoms with van der Waals surface area (Å²) in [7, 11) is 0. The molecule has 220 valence electrons. The monoisotopic (exact) mass is 580 g/mol. The number of fused-ring (bicyclic) bond motifs is 1. The molecule has 0 spiro atoms. The van der Waals surface area contributed by atoms with Gasteiger partial charge in [0.1, 0.15) is 11.9 Å². The Balaban J connectivity index is 0.000000473. The molecule has 0 saturated heterocycles. The van der Waals surface area contributed by atoms with Gasteiger partial charge in [0, 0.05) is 12.0 Å². The van der Waals surface area contributed by atoms with E-state index in [1.807, 2.05) is 18.3 Å². The van der Waals surface area contributed by atoms with Crippen LogP contribution in [0.15, 0.2) is 53.7 Å². The summed E-state index contributed by atoms with van der Waals surface area (Å²) in [4.78, 5) is 32.8. The van der Waals surface area contributed by atoms with Crippen LogP contribution < -0.4 is 27.0 Å². The standard InChI is InChI=1S/C20H24N4O2.2C2HF3O2/c21-16(7-3-4-8-17(22)20(25)26)19-23-12-18(24-19)15-10-9-13-5-1-2-6-14(13)11-15;2*3-2(4,5)1(6)7/h1-2,5-6,9-12,16-17H,3-4,7-8,21-22H2,(H,23,24)(H,25,26);2*(H,6,7)/t16-,17?;;/m0../s1. The summed E-state index contributed by atoms with van der Waals surface area (Å²) in [6.07, 6.45) is -5.46. The quantitative estimate of drug-likeness (QED) is 0.233. The maximum absolute atomic E-state index is 10.8. The van der Waals surface area contributed by atoms with E-state index in [4.69, 9.17) is 30.6 Å². The lowest BCUT2D eigenvalue weighted by molar-refractivity contribution is -0.433. The minimum Gasteiger partial charge on any atom is -0.542 e. The summed E-state index contributed by atoms with van der Waals surface area (Å²) >= 11 is 0. The van der Waals surface area contributed by atoms with Gasteiger partial charge in [-0.25, -0.2) is 9.79 Å². The molecule has 2 aromatic rings. The first-order valence-corrected chi connectivity index (χ1v) is 11.4. The van der Waals surface area contributed by atoms with Crippen LogP contribution in [0.3, 0.4) is 0 Å². The van der Waals surface area contributed by atoms with Crippen molar-refractivity contribution in [2.24, 2.45) is 10.7 Å². The number of alkyl halides is 6. The Morgan fingerprint density at radius 2 is 1.43 bits per heavy atom. The molecule has 1 aliphatic heterocycles. The van der Waals surface area contributed by atoms with Crippen molar-refractivity contribution in [2.75, 3.05) is 0 Å². The number of carbonyl (C=O) groups is 3. The predicted octanol–water partition coefficient (Wildman–Crippen LogP) is -0.706. The Morgan fingerprint density at radius 3 is 1.93 bits per heavy atom. The second-order valence-corrected chi connectivity index (χ2v) is 8.34. The largest absolute Gasteiger partial charge is 0.542 e. The van der Waals surface area contributed by atoms with E-state index in [-0.39, 0.29) is 6.04 Å². The van der Waals surface area contributed by atoms with Crippen LogP contribution in [0.5, 0.6) is 0 Å². The number of carboxylic acid groups (broad SMARTS) is 3. The van der Waals surface area contributed by atoms with Crippen molar-refractivity contribution in [3.05, 3.63) is 54.2 Å². The fraction of sp³-hybridized carbons (Fsp3) is 0.333. The van der Waals surface area contributed by atoms with Gasteiger partial charge in [0.2, 0.25) is 5.84 Å². The predicted molar refractivity (Wildman–Crippen MR) is 124 cm³/mol.